The molecule has 4 saturated carbocycles. The van der Waals surface area contributed by atoms with Crippen molar-refractivity contribution in [3.63, 3.8) is 0 Å². The van der Waals surface area contributed by atoms with Crippen molar-refractivity contribution in [2.24, 2.45) is 28.1 Å². The van der Waals surface area contributed by atoms with Gasteiger partial charge in [0, 0.05) is 67.7 Å². The molecule has 62 heavy (non-hydrogen) atoms. The van der Waals surface area contributed by atoms with Crippen LogP contribution in [0.3, 0.4) is 0 Å². The van der Waals surface area contributed by atoms with Gasteiger partial charge >= 0.3 is 0 Å². The first-order valence-electron chi connectivity index (χ1n) is 23.1. The number of Topliss-reactive ketones (excluding diaryl/α,β-unsaturated/α-hetero) is 1. The number of H-pyrrole nitrogens is 1. The topological polar surface area (TPSA) is 139 Å². The number of fused-ring (bicyclic) bond motifs is 1. The lowest BCUT2D eigenvalue weighted by Gasteiger charge is -2.75. The molecule has 2 aromatic heterocycles. The Labute approximate surface area is 366 Å². The largest absolute Gasteiger partial charge is 0.455 e. The number of nitrogens with one attached hydrogen (secondary N) is 1. The van der Waals surface area contributed by atoms with E-state index in [0.717, 1.165) is 75.0 Å². The molecule has 2 aromatic carbocycles. The van der Waals surface area contributed by atoms with Crippen molar-refractivity contribution in [3.05, 3.63) is 93.3 Å². The molecule has 5 aliphatic carbocycles. The molecule has 12 heteroatoms. The number of benzene rings is 2. The number of nitrogens with zero attached hydrogens (tertiary/aromatic N) is 4. The smallest absolute Gasteiger partial charge is 0.273 e. The molecule has 10 rings (SSSR count). The SMILES string of the molecule is CC(C)C12CC(C3=C(CN4CCN(c5ccc(C(=O)CS(=O)(=O)c6ccc(CCC7CCCCC7)c([N+](=O)[O-])c6)c(Oc6cnc7[nH]ccc7c6)c5)CC4)CCC(C)(C)C3)(C1)C2. The fourth-order valence-electron chi connectivity index (χ4n) is 11.7. The van der Waals surface area contributed by atoms with Crippen LogP contribution in [-0.2, 0) is 16.3 Å². The van der Waals surface area contributed by atoms with Crippen LogP contribution < -0.4 is 9.64 Å². The number of ether oxygens (including phenoxy) is 1. The summed E-state index contributed by atoms with van der Waals surface area (Å²) in [5.41, 5.74) is 6.88. The van der Waals surface area contributed by atoms with E-state index in [1.807, 2.05) is 24.3 Å². The summed E-state index contributed by atoms with van der Waals surface area (Å²) in [6.45, 7) is 14.2. The Morgan fingerprint density at radius 1 is 1.00 bits per heavy atom. The lowest BCUT2D eigenvalue weighted by molar-refractivity contribution is -0.385. The lowest BCUT2D eigenvalue weighted by Crippen LogP contribution is -2.65. The number of hydrogen-bond donors (Lipinski definition) is 1. The molecule has 1 saturated heterocycles. The van der Waals surface area contributed by atoms with Crippen molar-refractivity contribution in [2.45, 2.75) is 116 Å². The minimum absolute atomic E-state index is 0.122. The maximum atomic E-state index is 14.1. The molecule has 0 unspecified atom stereocenters. The predicted molar refractivity (Wildman–Crippen MR) is 244 cm³/mol. The number of ketones is 1. The van der Waals surface area contributed by atoms with Crippen LogP contribution in [0.4, 0.5) is 11.4 Å². The van der Waals surface area contributed by atoms with Crippen LogP contribution in [0.5, 0.6) is 11.5 Å². The van der Waals surface area contributed by atoms with Crippen LogP contribution in [0.2, 0.25) is 0 Å². The number of hydrogen-bond acceptors (Lipinski definition) is 9. The number of aromatic amines is 1. The molecule has 5 fully saturated rings. The van der Waals surface area contributed by atoms with Gasteiger partial charge in [-0.25, -0.2) is 13.4 Å². The summed E-state index contributed by atoms with van der Waals surface area (Å²) in [6.07, 6.45) is 18.4. The van der Waals surface area contributed by atoms with Gasteiger partial charge in [0.05, 0.1) is 21.6 Å². The molecule has 3 heterocycles. The number of aryl methyl sites for hydroxylation is 1. The van der Waals surface area contributed by atoms with Crippen molar-refractivity contribution in [3.8, 4) is 11.5 Å². The van der Waals surface area contributed by atoms with E-state index in [9.17, 15) is 23.3 Å². The maximum Gasteiger partial charge on any atom is 0.273 e. The first-order valence-corrected chi connectivity index (χ1v) is 24.7. The number of nitro benzene ring substituents is 1. The van der Waals surface area contributed by atoms with E-state index in [2.05, 4.69) is 47.5 Å². The minimum Gasteiger partial charge on any atom is -0.455 e. The van der Waals surface area contributed by atoms with Crippen molar-refractivity contribution in [1.29, 1.82) is 0 Å². The van der Waals surface area contributed by atoms with Crippen molar-refractivity contribution in [1.82, 2.24) is 14.9 Å². The van der Waals surface area contributed by atoms with Gasteiger partial charge in [0.15, 0.2) is 15.6 Å². The van der Waals surface area contributed by atoms with Gasteiger partial charge in [0.1, 0.15) is 22.9 Å². The van der Waals surface area contributed by atoms with Gasteiger partial charge in [-0.3, -0.25) is 19.8 Å². The molecule has 0 atom stereocenters. The summed E-state index contributed by atoms with van der Waals surface area (Å²) in [5, 5.41) is 13.0. The quantitative estimate of drug-likeness (QED) is 0.0535. The number of piperazine rings is 1. The van der Waals surface area contributed by atoms with E-state index in [1.54, 1.807) is 35.7 Å². The van der Waals surface area contributed by atoms with E-state index in [1.165, 1.54) is 63.9 Å². The van der Waals surface area contributed by atoms with Gasteiger partial charge in [-0.1, -0.05) is 77.0 Å². The van der Waals surface area contributed by atoms with Crippen molar-refractivity contribution < 1.29 is 22.9 Å². The fourth-order valence-corrected chi connectivity index (χ4v) is 12.9. The number of carbonyl (C=O) groups excluding carboxylic acids is 1. The van der Waals surface area contributed by atoms with Crippen LogP contribution in [-0.4, -0.2) is 72.5 Å². The van der Waals surface area contributed by atoms with Gasteiger partial charge in [-0.05, 0) is 110 Å². The van der Waals surface area contributed by atoms with E-state index in [0.29, 0.717) is 45.5 Å². The Balaban J connectivity index is 0.918. The first kappa shape index (κ1) is 42.7. The number of pyridine rings is 1. The number of nitro groups is 1. The monoisotopic (exact) mass is 861 g/mol. The molecular formula is C50H63N5O6S. The molecule has 11 nitrogen and oxygen atoms in total. The van der Waals surface area contributed by atoms with Gasteiger partial charge in [0.2, 0.25) is 0 Å². The molecule has 0 radical (unpaired) electrons. The van der Waals surface area contributed by atoms with E-state index < -0.39 is 26.3 Å². The van der Waals surface area contributed by atoms with Crippen molar-refractivity contribution in [2.75, 3.05) is 43.4 Å². The zero-order valence-electron chi connectivity index (χ0n) is 37.0. The normalized spacial score (nSPS) is 24.2. The summed E-state index contributed by atoms with van der Waals surface area (Å²) in [7, 11) is -4.24. The summed E-state index contributed by atoms with van der Waals surface area (Å²) < 4.78 is 34.1. The molecule has 2 bridgehead atoms. The zero-order valence-corrected chi connectivity index (χ0v) is 37.8. The van der Waals surface area contributed by atoms with Gasteiger partial charge in [-0.2, -0.15) is 0 Å². The molecule has 330 valence electrons. The predicted octanol–water partition coefficient (Wildman–Crippen LogP) is 10.9. The highest BCUT2D eigenvalue weighted by atomic mass is 32.2. The highest BCUT2D eigenvalue weighted by Crippen LogP contribution is 2.80. The molecule has 6 aliphatic rings. The summed E-state index contributed by atoms with van der Waals surface area (Å²) in [4.78, 5) is 38.0. The molecule has 1 aliphatic heterocycles. The number of aromatic nitrogens is 2. The van der Waals surface area contributed by atoms with Gasteiger partial charge < -0.3 is 14.6 Å². The third kappa shape index (κ3) is 8.45. The standard InChI is InChI=1S/C50H63N5O6S/c1-34(2)49-31-50(32-49,33-49)43-27-48(3,4)18-16-38(43)29-53-20-22-54(23-21-53)39-13-15-42(46(25-39)61-40-24-37-17-19-51-47(37)52-28-40)45(56)30-62(59,60)41-14-12-36(44(26-41)55(57)58)11-10-35-8-6-5-7-9-35/h12-15,17,19,24-26,28,34-35H,5-11,16,18,20-23,27,29-33H2,1-4H3,(H,51,52). The van der Waals surface area contributed by atoms with E-state index in [4.69, 9.17) is 4.74 Å². The fraction of sp³-hybridized carbons (Fsp3) is 0.560. The number of rotatable bonds is 15. The number of anilines is 1. The van der Waals surface area contributed by atoms with Gasteiger partial charge in [0.25, 0.3) is 5.69 Å². The highest BCUT2D eigenvalue weighted by molar-refractivity contribution is 7.92. The Bertz CT molecular complexity index is 2490. The Morgan fingerprint density at radius 3 is 2.48 bits per heavy atom. The molecule has 4 aromatic rings. The minimum atomic E-state index is -4.24. The number of sulfone groups is 1. The van der Waals surface area contributed by atoms with Crippen LogP contribution in [0.1, 0.15) is 121 Å². The second kappa shape index (κ2) is 16.5. The zero-order chi connectivity index (χ0) is 43.4. The summed E-state index contributed by atoms with van der Waals surface area (Å²) in [6, 6.07) is 13.2. The number of allylic oxidation sites excluding steroid dienone is 1. The Hall–Kier alpha value is -4.55. The molecule has 0 amide bonds. The van der Waals surface area contributed by atoms with Crippen LogP contribution >= 0.6 is 0 Å². The average molecular weight is 862 g/mol. The van der Waals surface area contributed by atoms with Crippen molar-refractivity contribution >= 4 is 38.0 Å². The lowest BCUT2D eigenvalue weighted by atomic mass is 9.29. The van der Waals surface area contributed by atoms with Crippen LogP contribution in [0.15, 0.2) is 77.0 Å². The molecule has 0 spiro atoms. The summed E-state index contributed by atoms with van der Waals surface area (Å²) in [5.74, 6) is 0.435. The average Bonchev–Trinajstić information content (AvgIpc) is 3.68. The van der Waals surface area contributed by atoms with E-state index >= 15 is 0 Å². The van der Waals surface area contributed by atoms with Gasteiger partial charge in [-0.15, -0.1) is 0 Å². The molecular weight excluding hydrogens is 799 g/mol. The Kier molecular flexibility index (Phi) is 11.4. The Morgan fingerprint density at radius 2 is 1.76 bits per heavy atom. The van der Waals surface area contributed by atoms with E-state index in [-0.39, 0.29) is 21.9 Å². The first-order chi connectivity index (χ1) is 29.6. The summed E-state index contributed by atoms with van der Waals surface area (Å²) >= 11 is 0. The molecule has 1 N–H and O–H groups in total. The van der Waals surface area contributed by atoms with Crippen LogP contribution in [0, 0.1) is 38.2 Å². The number of carbonyl (C=O) groups is 1. The maximum absolute atomic E-state index is 14.1. The second-order valence-electron chi connectivity index (χ2n) is 20.7. The third-order valence-corrected chi connectivity index (χ3v) is 17.2. The highest BCUT2D eigenvalue weighted by Gasteiger charge is 2.70. The van der Waals surface area contributed by atoms with Crippen LogP contribution in [0.25, 0.3) is 11.0 Å². The second-order valence-corrected chi connectivity index (χ2v) is 22.6. The third-order valence-electron chi connectivity index (χ3n) is 15.6.